The Balaban J connectivity index is 1.44. The molecule has 164 valence electrons. The van der Waals surface area contributed by atoms with Crippen LogP contribution in [0.15, 0.2) is 72.8 Å². The van der Waals surface area contributed by atoms with Crippen molar-refractivity contribution in [3.8, 4) is 5.75 Å². The Kier molecular flexibility index (Phi) is 5.66. The van der Waals surface area contributed by atoms with Crippen LogP contribution in [0.5, 0.6) is 5.75 Å². The third kappa shape index (κ3) is 4.00. The van der Waals surface area contributed by atoms with Gasteiger partial charge in [-0.2, -0.15) is 0 Å². The van der Waals surface area contributed by atoms with Crippen molar-refractivity contribution in [1.29, 1.82) is 0 Å². The molecule has 0 unspecified atom stereocenters. The lowest BCUT2D eigenvalue weighted by Gasteiger charge is -2.49. The molecule has 2 atom stereocenters. The van der Waals surface area contributed by atoms with Gasteiger partial charge in [-0.1, -0.05) is 41.9 Å². The second-order valence-electron chi connectivity index (χ2n) is 8.35. The van der Waals surface area contributed by atoms with Crippen LogP contribution in [0.2, 0.25) is 5.02 Å². The van der Waals surface area contributed by atoms with Crippen LogP contribution in [0.1, 0.15) is 5.56 Å². The Morgan fingerprint density at radius 1 is 1.03 bits per heavy atom. The van der Waals surface area contributed by atoms with Crippen molar-refractivity contribution in [3.05, 3.63) is 83.4 Å². The molecule has 1 fully saturated rings. The number of hydrogen-bond acceptors (Lipinski definition) is 4. The molecule has 32 heavy (non-hydrogen) atoms. The number of fused-ring (bicyclic) bond motifs is 3. The Morgan fingerprint density at radius 2 is 1.88 bits per heavy atom. The molecule has 2 aliphatic heterocycles. The van der Waals surface area contributed by atoms with Crippen LogP contribution in [-0.4, -0.2) is 38.7 Å². The summed E-state index contributed by atoms with van der Waals surface area (Å²) in [6.45, 7) is 2.51. The smallest absolute Gasteiger partial charge is 0.229 e. The van der Waals surface area contributed by atoms with Gasteiger partial charge in [0.05, 0.1) is 19.1 Å². The van der Waals surface area contributed by atoms with Crippen LogP contribution in [0.25, 0.3) is 0 Å². The fourth-order valence-corrected chi connectivity index (χ4v) is 5.09. The Morgan fingerprint density at radius 3 is 2.72 bits per heavy atom. The fourth-order valence-electron chi connectivity index (χ4n) is 4.90. The number of carbonyl (C=O) groups excluding carboxylic acids is 1. The number of rotatable bonds is 4. The number of nitrogens with one attached hydrogen (secondary N) is 1. The molecule has 5 rings (SSSR count). The molecule has 0 saturated carbocycles. The minimum Gasteiger partial charge on any atom is -0.497 e. The van der Waals surface area contributed by atoms with E-state index >= 15 is 0 Å². The Hall–Kier alpha value is -3.18. The zero-order chi connectivity index (χ0) is 22.1. The van der Waals surface area contributed by atoms with Gasteiger partial charge in [-0.3, -0.25) is 4.79 Å². The summed E-state index contributed by atoms with van der Waals surface area (Å²) in [6, 6.07) is 24.0. The molecule has 5 nitrogen and oxygen atoms in total. The number of carbonyl (C=O) groups is 1. The largest absolute Gasteiger partial charge is 0.497 e. The number of nitrogens with zero attached hydrogens (tertiary/aromatic N) is 2. The first kappa shape index (κ1) is 20.7. The van der Waals surface area contributed by atoms with E-state index < -0.39 is 0 Å². The number of benzene rings is 3. The van der Waals surface area contributed by atoms with E-state index in [9.17, 15) is 4.79 Å². The van der Waals surface area contributed by atoms with Crippen LogP contribution < -0.4 is 19.9 Å². The normalized spacial score (nSPS) is 19.7. The molecule has 3 aromatic rings. The maximum absolute atomic E-state index is 13.5. The highest BCUT2D eigenvalue weighted by Crippen LogP contribution is 2.37. The molecular formula is C26H26ClN3O2. The van der Waals surface area contributed by atoms with Crippen LogP contribution >= 0.6 is 11.6 Å². The van der Waals surface area contributed by atoms with Crippen LogP contribution in [-0.2, 0) is 11.2 Å². The second kappa shape index (κ2) is 8.75. The molecule has 3 aromatic carbocycles. The van der Waals surface area contributed by atoms with Gasteiger partial charge in [0, 0.05) is 47.8 Å². The third-order valence-corrected chi connectivity index (χ3v) is 6.71. The first-order chi connectivity index (χ1) is 15.6. The summed E-state index contributed by atoms with van der Waals surface area (Å²) >= 11 is 6.25. The maximum atomic E-state index is 13.5. The minimum atomic E-state index is -0.168. The van der Waals surface area contributed by atoms with Crippen molar-refractivity contribution in [2.45, 2.75) is 12.5 Å². The molecule has 6 heteroatoms. The molecule has 0 radical (unpaired) electrons. The first-order valence-electron chi connectivity index (χ1n) is 10.9. The summed E-state index contributed by atoms with van der Waals surface area (Å²) in [6.07, 6.45) is 0.719. The summed E-state index contributed by atoms with van der Waals surface area (Å²) in [4.78, 5) is 18.3. The predicted octanol–water partition coefficient (Wildman–Crippen LogP) is 4.85. The van der Waals surface area contributed by atoms with Crippen molar-refractivity contribution in [3.63, 3.8) is 0 Å². The number of anilines is 3. The van der Waals surface area contributed by atoms with Crippen molar-refractivity contribution in [1.82, 2.24) is 0 Å². The lowest BCUT2D eigenvalue weighted by molar-refractivity contribution is -0.120. The number of piperazine rings is 1. The molecule has 0 aromatic heterocycles. The first-order valence-corrected chi connectivity index (χ1v) is 11.3. The van der Waals surface area contributed by atoms with Gasteiger partial charge in [-0.15, -0.1) is 0 Å². The van der Waals surface area contributed by atoms with Crippen molar-refractivity contribution < 1.29 is 9.53 Å². The fraction of sp³-hybridized carbons (Fsp3) is 0.269. The second-order valence-corrected chi connectivity index (χ2v) is 8.78. The lowest BCUT2D eigenvalue weighted by atomic mass is 9.83. The van der Waals surface area contributed by atoms with Gasteiger partial charge < -0.3 is 19.9 Å². The number of hydrogen-bond donors (Lipinski definition) is 1. The van der Waals surface area contributed by atoms with E-state index in [1.807, 2.05) is 42.5 Å². The van der Waals surface area contributed by atoms with Gasteiger partial charge in [0.2, 0.25) is 5.91 Å². The van der Waals surface area contributed by atoms with E-state index in [2.05, 4.69) is 45.4 Å². The molecule has 0 aliphatic carbocycles. The zero-order valence-corrected chi connectivity index (χ0v) is 18.8. The van der Waals surface area contributed by atoms with Crippen LogP contribution in [0, 0.1) is 5.92 Å². The molecular weight excluding hydrogens is 422 g/mol. The highest BCUT2D eigenvalue weighted by Gasteiger charge is 2.41. The average Bonchev–Trinajstić information content (AvgIpc) is 2.83. The number of methoxy groups -OCH3 is 1. The monoisotopic (exact) mass is 447 g/mol. The molecule has 1 amide bonds. The summed E-state index contributed by atoms with van der Waals surface area (Å²) in [7, 11) is 1.63. The van der Waals surface area contributed by atoms with Gasteiger partial charge in [0.15, 0.2) is 0 Å². The minimum absolute atomic E-state index is 0.0377. The van der Waals surface area contributed by atoms with Gasteiger partial charge in [-0.25, -0.2) is 0 Å². The molecule has 1 saturated heterocycles. The summed E-state index contributed by atoms with van der Waals surface area (Å²) in [5.41, 5.74) is 4.32. The lowest BCUT2D eigenvalue weighted by Crippen LogP contribution is -2.60. The number of para-hydroxylation sites is 1. The molecule has 2 aliphatic rings. The number of halogens is 1. The Bertz CT molecular complexity index is 1140. The standard InChI is InChI=1S/C26H26ClN3O2/c1-32-22-10-5-8-20(16-22)28-26(31)23-14-18-6-2-3-11-24(18)30-13-12-29(17-25(23)30)21-9-4-7-19(27)15-21/h2-11,15-16,23,25H,12-14,17H2,1H3,(H,28,31)/t23-,25+/m0/s1. The quantitative estimate of drug-likeness (QED) is 0.620. The van der Waals surface area contributed by atoms with E-state index in [0.717, 1.165) is 48.2 Å². The average molecular weight is 448 g/mol. The van der Waals surface area contributed by atoms with Crippen molar-refractivity contribution in [2.75, 3.05) is 41.9 Å². The third-order valence-electron chi connectivity index (χ3n) is 6.47. The van der Waals surface area contributed by atoms with Crippen LogP contribution in [0.4, 0.5) is 17.1 Å². The number of amides is 1. The summed E-state index contributed by atoms with van der Waals surface area (Å²) < 4.78 is 5.31. The number of ether oxygens (including phenoxy) is 1. The highest BCUT2D eigenvalue weighted by molar-refractivity contribution is 6.30. The van der Waals surface area contributed by atoms with E-state index in [0.29, 0.717) is 0 Å². The van der Waals surface area contributed by atoms with Crippen molar-refractivity contribution >= 4 is 34.6 Å². The molecule has 2 heterocycles. The van der Waals surface area contributed by atoms with E-state index in [1.165, 1.54) is 11.3 Å². The van der Waals surface area contributed by atoms with Gasteiger partial charge in [-0.05, 0) is 48.4 Å². The Labute approximate surface area is 193 Å². The molecule has 0 bridgehead atoms. The summed E-state index contributed by atoms with van der Waals surface area (Å²) in [5, 5.41) is 3.86. The predicted molar refractivity (Wildman–Crippen MR) is 130 cm³/mol. The van der Waals surface area contributed by atoms with E-state index in [1.54, 1.807) is 7.11 Å². The molecule has 1 N–H and O–H groups in total. The topological polar surface area (TPSA) is 44.8 Å². The van der Waals surface area contributed by atoms with Gasteiger partial charge in [0.25, 0.3) is 0 Å². The SMILES string of the molecule is COc1cccc(NC(=O)[C@H]2Cc3ccccc3N3CCN(c4cccc(Cl)c4)C[C@H]23)c1. The van der Waals surface area contributed by atoms with Crippen LogP contribution in [0.3, 0.4) is 0 Å². The van der Waals surface area contributed by atoms with E-state index in [4.69, 9.17) is 16.3 Å². The maximum Gasteiger partial charge on any atom is 0.229 e. The van der Waals surface area contributed by atoms with Gasteiger partial charge >= 0.3 is 0 Å². The highest BCUT2D eigenvalue weighted by atomic mass is 35.5. The zero-order valence-electron chi connectivity index (χ0n) is 18.0. The summed E-state index contributed by atoms with van der Waals surface area (Å²) in [5.74, 6) is 0.594. The van der Waals surface area contributed by atoms with Crippen molar-refractivity contribution in [2.24, 2.45) is 5.92 Å². The van der Waals surface area contributed by atoms with E-state index in [-0.39, 0.29) is 17.9 Å². The van der Waals surface area contributed by atoms with Gasteiger partial charge in [0.1, 0.15) is 5.75 Å². The molecule has 0 spiro atoms.